The highest BCUT2D eigenvalue weighted by molar-refractivity contribution is 5.54. The molecule has 4 N–H and O–H groups in total. The highest BCUT2D eigenvalue weighted by Gasteiger charge is 1.92. The van der Waals surface area contributed by atoms with Crippen LogP contribution in [-0.4, -0.2) is 7.05 Å². The van der Waals surface area contributed by atoms with Gasteiger partial charge < -0.3 is 15.7 Å². The van der Waals surface area contributed by atoms with E-state index in [1.807, 2.05) is 12.6 Å². The Morgan fingerprint density at radius 1 is 1.33 bits per heavy atom. The van der Waals surface area contributed by atoms with Crippen LogP contribution in [0.15, 0.2) is 24.3 Å². The van der Waals surface area contributed by atoms with Crippen molar-refractivity contribution < 1.29 is 0 Å². The van der Waals surface area contributed by atoms with Crippen LogP contribution in [0.2, 0.25) is 0 Å². The van der Waals surface area contributed by atoms with Gasteiger partial charge in [0, 0.05) is 18.4 Å². The third kappa shape index (κ3) is 1.85. The summed E-state index contributed by atoms with van der Waals surface area (Å²) in [6.45, 7) is 0. The lowest BCUT2D eigenvalue weighted by atomic mass is 10.3. The first-order valence-corrected chi connectivity index (χ1v) is 3.49. The molecule has 66 valence electrons. The van der Waals surface area contributed by atoms with Crippen LogP contribution < -0.4 is 21.9 Å². The Hall–Kier alpha value is -1.30. The van der Waals surface area contributed by atoms with E-state index in [-0.39, 0.29) is 0 Å². The molecule has 0 bridgehead atoms. The van der Waals surface area contributed by atoms with Crippen molar-refractivity contribution in [1.29, 1.82) is 0 Å². The summed E-state index contributed by atoms with van der Waals surface area (Å²) >= 11 is 0. The maximum Gasteiger partial charge on any atom is 0.0417 e. The number of nitrogens with two attached hydrogens (primary N) is 1. The van der Waals surface area contributed by atoms with Gasteiger partial charge in [0.2, 0.25) is 0 Å². The average Bonchev–Trinajstić information content (AvgIpc) is 2.17. The van der Waals surface area contributed by atoms with Gasteiger partial charge in [-0.2, -0.15) is 5.53 Å². The summed E-state index contributed by atoms with van der Waals surface area (Å²) < 4.78 is 0. The maximum absolute atomic E-state index is 10.9. The Balaban J connectivity index is 2.77. The lowest BCUT2D eigenvalue weighted by Crippen LogP contribution is -2.38. The summed E-state index contributed by atoms with van der Waals surface area (Å²) in [6, 6.07) is 6.91. The number of nitrogens with zero attached hydrogens (tertiary/aromatic N) is 1. The topological polar surface area (TPSA) is 76.4 Å². The second-order valence-corrected chi connectivity index (χ2v) is 2.22. The molecule has 0 aromatic heterocycles. The summed E-state index contributed by atoms with van der Waals surface area (Å²) in [6.07, 6.45) is 0. The Morgan fingerprint density at radius 3 is 2.33 bits per heavy atom. The number of rotatable bonds is 3. The first-order chi connectivity index (χ1) is 5.77. The molecule has 1 aromatic rings. The quantitative estimate of drug-likeness (QED) is 0.449. The number of nitrogens with one attached hydrogen (secondary N) is 2. The first-order valence-electron chi connectivity index (χ1n) is 3.49. The second kappa shape index (κ2) is 3.91. The number of benzene rings is 1. The number of anilines is 2. The van der Waals surface area contributed by atoms with Crippen molar-refractivity contribution in [2.75, 3.05) is 17.5 Å². The van der Waals surface area contributed by atoms with Crippen molar-refractivity contribution in [3.05, 3.63) is 29.5 Å². The molecule has 0 aliphatic carbocycles. The van der Waals surface area contributed by atoms with Gasteiger partial charge in [-0.1, -0.05) is 0 Å². The fourth-order valence-corrected chi connectivity index (χ4v) is 0.838. The molecule has 0 saturated carbocycles. The van der Waals surface area contributed by atoms with E-state index in [1.165, 1.54) is 0 Å². The zero-order valence-corrected chi connectivity index (χ0v) is 6.74. The van der Waals surface area contributed by atoms with Crippen LogP contribution >= 0.6 is 0 Å². The van der Waals surface area contributed by atoms with Crippen LogP contribution in [-0.2, 0) is 0 Å². The monoisotopic (exact) mass is 167 g/mol. The van der Waals surface area contributed by atoms with Crippen molar-refractivity contribution in [2.45, 2.75) is 0 Å². The van der Waals surface area contributed by atoms with Gasteiger partial charge in [0.15, 0.2) is 0 Å². The minimum atomic E-state index is 0.469. The third-order valence-electron chi connectivity index (χ3n) is 1.51. The summed E-state index contributed by atoms with van der Waals surface area (Å²) in [4.78, 5) is 0. The van der Waals surface area contributed by atoms with E-state index in [0.29, 0.717) is 10.9 Å². The molecule has 0 radical (unpaired) electrons. The van der Waals surface area contributed by atoms with Crippen molar-refractivity contribution in [3.8, 4) is 0 Å². The standard InChI is InChI=1S/C7H11N4O/c1-9-6-2-4-7(5-3-6)11(12)10-8/h2-5,9-10H,8H2,1H3/q-1. The predicted octanol–water partition coefficient (Wildman–Crippen LogP) is 0.411. The van der Waals surface area contributed by atoms with E-state index in [0.717, 1.165) is 5.69 Å². The number of hydrogen-bond acceptors (Lipinski definition) is 5. The van der Waals surface area contributed by atoms with Gasteiger partial charge in [-0.15, -0.1) is 0 Å². The van der Waals surface area contributed by atoms with E-state index in [9.17, 15) is 5.21 Å². The zero-order valence-electron chi connectivity index (χ0n) is 6.74. The fourth-order valence-electron chi connectivity index (χ4n) is 0.838. The van der Waals surface area contributed by atoms with E-state index < -0.39 is 0 Å². The molecule has 0 aliphatic heterocycles. The average molecular weight is 167 g/mol. The molecular formula is C7H11N4O-. The van der Waals surface area contributed by atoms with Crippen molar-refractivity contribution in [3.63, 3.8) is 0 Å². The van der Waals surface area contributed by atoms with Crippen molar-refractivity contribution >= 4 is 11.4 Å². The van der Waals surface area contributed by atoms with Crippen LogP contribution in [0.4, 0.5) is 11.4 Å². The van der Waals surface area contributed by atoms with E-state index in [4.69, 9.17) is 5.84 Å². The first kappa shape index (κ1) is 8.79. The molecule has 0 spiro atoms. The molecule has 0 aliphatic rings. The molecule has 0 saturated heterocycles. The highest BCUT2D eigenvalue weighted by Crippen LogP contribution is 2.14. The molecule has 5 heteroatoms. The Labute approximate surface area is 70.7 Å². The Bertz CT molecular complexity index is 236. The lowest BCUT2D eigenvalue weighted by Gasteiger charge is -2.28. The third-order valence-corrected chi connectivity index (χ3v) is 1.51. The van der Waals surface area contributed by atoms with Gasteiger partial charge in [0.25, 0.3) is 0 Å². The van der Waals surface area contributed by atoms with Gasteiger partial charge in [-0.05, 0) is 24.3 Å². The van der Waals surface area contributed by atoms with Crippen LogP contribution in [0.1, 0.15) is 0 Å². The van der Waals surface area contributed by atoms with E-state index in [2.05, 4.69) is 5.32 Å². The molecule has 0 amide bonds. The number of hydrazine groups is 2. The van der Waals surface area contributed by atoms with Crippen LogP contribution in [0.3, 0.4) is 0 Å². The smallest absolute Gasteiger partial charge is 0.0417 e. The second-order valence-electron chi connectivity index (χ2n) is 2.22. The SMILES string of the molecule is CNc1ccc(N([O-])NN)cc1. The molecular weight excluding hydrogens is 156 g/mol. The lowest BCUT2D eigenvalue weighted by molar-refractivity contribution is 0.753. The number of hydrogen-bond donors (Lipinski definition) is 3. The van der Waals surface area contributed by atoms with Gasteiger partial charge in [-0.3, -0.25) is 5.84 Å². The summed E-state index contributed by atoms with van der Waals surface area (Å²) in [5.74, 6) is 4.92. The summed E-state index contributed by atoms with van der Waals surface area (Å²) in [5, 5.41) is 14.3. The Kier molecular flexibility index (Phi) is 2.87. The van der Waals surface area contributed by atoms with Crippen molar-refractivity contribution in [1.82, 2.24) is 5.53 Å². The van der Waals surface area contributed by atoms with Gasteiger partial charge in [0.1, 0.15) is 0 Å². The van der Waals surface area contributed by atoms with Crippen LogP contribution in [0.25, 0.3) is 0 Å². The molecule has 0 fully saturated rings. The van der Waals surface area contributed by atoms with E-state index >= 15 is 0 Å². The molecule has 5 nitrogen and oxygen atoms in total. The van der Waals surface area contributed by atoms with Gasteiger partial charge >= 0.3 is 0 Å². The summed E-state index contributed by atoms with van der Waals surface area (Å²) in [5.41, 5.74) is 3.39. The fraction of sp³-hybridized carbons (Fsp3) is 0.143. The molecule has 12 heavy (non-hydrogen) atoms. The molecule has 0 heterocycles. The predicted molar refractivity (Wildman–Crippen MR) is 49.2 cm³/mol. The minimum Gasteiger partial charge on any atom is -0.742 e. The van der Waals surface area contributed by atoms with Gasteiger partial charge in [-0.25, -0.2) is 0 Å². The Morgan fingerprint density at radius 2 is 1.92 bits per heavy atom. The van der Waals surface area contributed by atoms with Crippen molar-refractivity contribution in [2.24, 2.45) is 5.84 Å². The highest BCUT2D eigenvalue weighted by atomic mass is 16.5. The normalized spacial score (nSPS) is 9.58. The molecule has 0 unspecified atom stereocenters. The van der Waals surface area contributed by atoms with E-state index in [1.54, 1.807) is 24.3 Å². The molecule has 1 rings (SSSR count). The van der Waals surface area contributed by atoms with Gasteiger partial charge in [0.05, 0.1) is 0 Å². The minimum absolute atomic E-state index is 0.469. The largest absolute Gasteiger partial charge is 0.742 e. The summed E-state index contributed by atoms with van der Waals surface area (Å²) in [7, 11) is 1.81. The maximum atomic E-state index is 10.9. The van der Waals surface area contributed by atoms with Crippen LogP contribution in [0, 0.1) is 5.21 Å². The zero-order chi connectivity index (χ0) is 8.97. The molecule has 1 aromatic carbocycles. The van der Waals surface area contributed by atoms with Crippen LogP contribution in [0.5, 0.6) is 0 Å². The molecule has 0 atom stereocenters.